The van der Waals surface area contributed by atoms with Gasteiger partial charge in [-0.15, -0.1) is 0 Å². The second kappa shape index (κ2) is 5.37. The molecule has 92 valence electrons. The molecular weight excluding hydrogens is 318 g/mol. The Bertz CT molecular complexity index is 604. The quantitative estimate of drug-likeness (QED) is 0.669. The normalized spacial score (nSPS) is 10.1. The van der Waals surface area contributed by atoms with Gasteiger partial charge >= 0.3 is 0 Å². The van der Waals surface area contributed by atoms with Crippen molar-refractivity contribution in [2.75, 3.05) is 0 Å². The minimum absolute atomic E-state index is 0.110. The van der Waals surface area contributed by atoms with Gasteiger partial charge in [0.1, 0.15) is 17.3 Å². The lowest BCUT2D eigenvalue weighted by molar-refractivity contribution is 0.462. The van der Waals surface area contributed by atoms with E-state index in [0.29, 0.717) is 22.3 Å². The Morgan fingerprint density at radius 3 is 2.83 bits per heavy atom. The van der Waals surface area contributed by atoms with Crippen molar-refractivity contribution in [2.45, 2.75) is 0 Å². The molecular formula is C12H9BrClN3O. The van der Waals surface area contributed by atoms with Crippen LogP contribution in [0.4, 0.5) is 0 Å². The predicted octanol–water partition coefficient (Wildman–Crippen LogP) is 3.57. The van der Waals surface area contributed by atoms with E-state index in [1.54, 1.807) is 30.3 Å². The van der Waals surface area contributed by atoms with Crippen LogP contribution >= 0.6 is 27.5 Å². The third-order valence-corrected chi connectivity index (χ3v) is 2.91. The van der Waals surface area contributed by atoms with Crippen LogP contribution < -0.4 is 10.5 Å². The maximum absolute atomic E-state index is 7.31. The molecule has 0 fully saturated rings. The van der Waals surface area contributed by atoms with Crippen LogP contribution in [0.25, 0.3) is 0 Å². The molecule has 0 radical (unpaired) electrons. The van der Waals surface area contributed by atoms with Gasteiger partial charge in [0.2, 0.25) is 5.88 Å². The zero-order valence-electron chi connectivity index (χ0n) is 9.15. The summed E-state index contributed by atoms with van der Waals surface area (Å²) in [6.45, 7) is 0. The number of aromatic nitrogens is 1. The molecule has 0 aliphatic heterocycles. The largest absolute Gasteiger partial charge is 0.437 e. The summed E-state index contributed by atoms with van der Waals surface area (Å²) in [6.07, 6.45) is 0. The highest BCUT2D eigenvalue weighted by Crippen LogP contribution is 2.31. The van der Waals surface area contributed by atoms with Crippen molar-refractivity contribution in [1.82, 2.24) is 4.98 Å². The molecule has 1 heterocycles. The van der Waals surface area contributed by atoms with Gasteiger partial charge in [0, 0.05) is 10.5 Å². The van der Waals surface area contributed by atoms with Gasteiger partial charge in [0.05, 0.1) is 5.02 Å². The average Bonchev–Trinajstić information content (AvgIpc) is 2.34. The van der Waals surface area contributed by atoms with Gasteiger partial charge in [0.25, 0.3) is 0 Å². The van der Waals surface area contributed by atoms with Crippen molar-refractivity contribution >= 4 is 33.4 Å². The van der Waals surface area contributed by atoms with Gasteiger partial charge in [-0.1, -0.05) is 33.6 Å². The maximum Gasteiger partial charge on any atom is 0.219 e. The van der Waals surface area contributed by atoms with Crippen molar-refractivity contribution in [3.63, 3.8) is 0 Å². The van der Waals surface area contributed by atoms with Gasteiger partial charge < -0.3 is 10.5 Å². The maximum atomic E-state index is 7.31. The average molecular weight is 327 g/mol. The molecule has 0 saturated heterocycles. The van der Waals surface area contributed by atoms with Crippen LogP contribution in [0, 0.1) is 5.41 Å². The van der Waals surface area contributed by atoms with E-state index in [9.17, 15) is 0 Å². The number of benzene rings is 1. The minimum Gasteiger partial charge on any atom is -0.437 e. The fraction of sp³-hybridized carbons (Fsp3) is 0. The van der Waals surface area contributed by atoms with Crippen LogP contribution in [-0.4, -0.2) is 10.8 Å². The Hall–Kier alpha value is -1.59. The number of nitrogens with one attached hydrogen (secondary N) is 1. The molecule has 0 aliphatic carbocycles. The third kappa shape index (κ3) is 3.00. The molecule has 0 amide bonds. The molecule has 0 unspecified atom stereocenters. The van der Waals surface area contributed by atoms with Gasteiger partial charge in [-0.05, 0) is 24.3 Å². The topological polar surface area (TPSA) is 72.0 Å². The number of hydrogen-bond acceptors (Lipinski definition) is 3. The fourth-order valence-corrected chi connectivity index (χ4v) is 1.79. The smallest absolute Gasteiger partial charge is 0.219 e. The number of hydrogen-bond donors (Lipinski definition) is 2. The van der Waals surface area contributed by atoms with Crippen molar-refractivity contribution in [3.05, 3.63) is 51.6 Å². The summed E-state index contributed by atoms with van der Waals surface area (Å²) in [5.41, 5.74) is 5.72. The number of ether oxygens (including phenoxy) is 1. The summed E-state index contributed by atoms with van der Waals surface area (Å²) in [6, 6.07) is 10.3. The molecule has 0 aliphatic rings. The second-order valence-electron chi connectivity index (χ2n) is 3.45. The zero-order valence-corrected chi connectivity index (χ0v) is 11.5. The van der Waals surface area contributed by atoms with Crippen molar-refractivity contribution in [3.8, 4) is 11.6 Å². The number of amidine groups is 1. The summed E-state index contributed by atoms with van der Waals surface area (Å²) >= 11 is 9.34. The Morgan fingerprint density at radius 2 is 2.11 bits per heavy atom. The van der Waals surface area contributed by atoms with E-state index >= 15 is 0 Å². The lowest BCUT2D eigenvalue weighted by Crippen LogP contribution is -2.13. The number of pyridine rings is 1. The van der Waals surface area contributed by atoms with Gasteiger partial charge in [0.15, 0.2) is 0 Å². The lowest BCUT2D eigenvalue weighted by Gasteiger charge is -2.08. The lowest BCUT2D eigenvalue weighted by atomic mass is 10.3. The van der Waals surface area contributed by atoms with Crippen LogP contribution in [0.5, 0.6) is 11.6 Å². The van der Waals surface area contributed by atoms with Crippen LogP contribution in [0.15, 0.2) is 40.9 Å². The standard InChI is InChI=1S/C12H9BrClN3O/c13-7-4-5-8(14)10(6-7)18-11-3-1-2-9(17-11)12(15)16/h1-6H,(H3,15,16). The highest BCUT2D eigenvalue weighted by atomic mass is 79.9. The van der Waals surface area contributed by atoms with Crippen molar-refractivity contribution < 1.29 is 4.74 Å². The molecule has 1 aromatic heterocycles. The highest BCUT2D eigenvalue weighted by molar-refractivity contribution is 9.10. The number of halogens is 2. The van der Waals surface area contributed by atoms with Crippen LogP contribution in [0.2, 0.25) is 5.02 Å². The predicted molar refractivity (Wildman–Crippen MR) is 74.5 cm³/mol. The molecule has 4 nitrogen and oxygen atoms in total. The number of nitrogens with zero attached hydrogens (tertiary/aromatic N) is 1. The first kappa shape index (κ1) is 12.9. The Labute approximate surface area is 117 Å². The summed E-state index contributed by atoms with van der Waals surface area (Å²) in [5.74, 6) is 0.711. The van der Waals surface area contributed by atoms with Crippen LogP contribution in [0.1, 0.15) is 5.69 Å². The van der Waals surface area contributed by atoms with E-state index in [1.165, 1.54) is 0 Å². The zero-order chi connectivity index (χ0) is 13.1. The summed E-state index contributed by atoms with van der Waals surface area (Å²) in [7, 11) is 0. The molecule has 0 saturated carbocycles. The number of nitrogens with two attached hydrogens (primary N) is 1. The molecule has 3 N–H and O–H groups in total. The van der Waals surface area contributed by atoms with E-state index in [2.05, 4.69) is 20.9 Å². The molecule has 2 rings (SSSR count). The first-order chi connectivity index (χ1) is 8.56. The minimum atomic E-state index is -0.110. The van der Waals surface area contributed by atoms with E-state index < -0.39 is 0 Å². The van der Waals surface area contributed by atoms with Crippen LogP contribution in [-0.2, 0) is 0 Å². The molecule has 0 spiro atoms. The first-order valence-corrected chi connectivity index (χ1v) is 6.18. The van der Waals surface area contributed by atoms with Gasteiger partial charge in [-0.25, -0.2) is 4.98 Å². The van der Waals surface area contributed by atoms with E-state index in [1.807, 2.05) is 6.07 Å². The van der Waals surface area contributed by atoms with Gasteiger partial charge in [-0.3, -0.25) is 5.41 Å². The van der Waals surface area contributed by atoms with E-state index in [-0.39, 0.29) is 5.84 Å². The SMILES string of the molecule is N=C(N)c1cccc(Oc2cc(Br)ccc2Cl)n1. The Morgan fingerprint density at radius 1 is 1.33 bits per heavy atom. The van der Waals surface area contributed by atoms with Crippen molar-refractivity contribution in [1.29, 1.82) is 5.41 Å². The molecule has 0 bridgehead atoms. The van der Waals surface area contributed by atoms with Crippen LogP contribution in [0.3, 0.4) is 0 Å². The number of rotatable bonds is 3. The first-order valence-electron chi connectivity index (χ1n) is 5.00. The number of nitrogen functional groups attached to an aromatic ring is 1. The Kier molecular flexibility index (Phi) is 3.84. The molecule has 18 heavy (non-hydrogen) atoms. The second-order valence-corrected chi connectivity index (χ2v) is 4.77. The summed E-state index contributed by atoms with van der Waals surface area (Å²) in [4.78, 5) is 4.09. The molecule has 6 heteroatoms. The summed E-state index contributed by atoms with van der Waals surface area (Å²) < 4.78 is 6.41. The molecule has 1 aromatic carbocycles. The van der Waals surface area contributed by atoms with E-state index in [0.717, 1.165) is 4.47 Å². The van der Waals surface area contributed by atoms with Gasteiger partial charge in [-0.2, -0.15) is 0 Å². The highest BCUT2D eigenvalue weighted by Gasteiger charge is 2.06. The fourth-order valence-electron chi connectivity index (χ4n) is 1.29. The molecule has 0 atom stereocenters. The monoisotopic (exact) mass is 325 g/mol. The van der Waals surface area contributed by atoms with Crippen molar-refractivity contribution in [2.24, 2.45) is 5.73 Å². The molecule has 2 aromatic rings. The van der Waals surface area contributed by atoms with E-state index in [4.69, 9.17) is 27.5 Å². The Balaban J connectivity index is 2.31. The third-order valence-electron chi connectivity index (χ3n) is 2.11. The summed E-state index contributed by atoms with van der Waals surface area (Å²) in [5, 5.41) is 7.79.